The molecule has 3 nitrogen and oxygen atoms in total. The Hall–Kier alpha value is -2.49. The van der Waals surface area contributed by atoms with Crippen molar-refractivity contribution in [3.63, 3.8) is 0 Å². The highest BCUT2D eigenvalue weighted by Gasteiger charge is 2.06. The fraction of sp³-hybridized carbons (Fsp3) is 0.0667. The van der Waals surface area contributed by atoms with E-state index in [0.29, 0.717) is 5.02 Å². The first kappa shape index (κ1) is 13.0. The van der Waals surface area contributed by atoms with Crippen LogP contribution in [-0.4, -0.2) is 4.57 Å². The molecule has 0 unspecified atom stereocenters. The number of hydrogen-bond donors (Lipinski definition) is 0. The van der Waals surface area contributed by atoms with Gasteiger partial charge in [0.2, 0.25) is 0 Å². The quantitative estimate of drug-likeness (QED) is 0.778. The summed E-state index contributed by atoms with van der Waals surface area (Å²) < 4.78 is 1.93. The van der Waals surface area contributed by atoms with Gasteiger partial charge in [-0.25, -0.2) is 0 Å². The van der Waals surface area contributed by atoms with Gasteiger partial charge >= 0.3 is 0 Å². The molecule has 0 aliphatic carbocycles. The molecule has 0 fully saturated rings. The first-order valence-corrected chi connectivity index (χ1v) is 5.97. The van der Waals surface area contributed by atoms with Crippen LogP contribution in [0.15, 0.2) is 42.0 Å². The Morgan fingerprint density at radius 2 is 1.74 bits per heavy atom. The van der Waals surface area contributed by atoms with E-state index in [1.54, 1.807) is 6.08 Å². The lowest BCUT2D eigenvalue weighted by Crippen LogP contribution is -1.94. The van der Waals surface area contributed by atoms with Crippen LogP contribution in [-0.2, 0) is 7.05 Å². The van der Waals surface area contributed by atoms with Crippen LogP contribution in [0.25, 0.3) is 17.3 Å². The van der Waals surface area contributed by atoms with E-state index in [1.165, 1.54) is 0 Å². The van der Waals surface area contributed by atoms with Crippen molar-refractivity contribution in [3.05, 3.63) is 52.7 Å². The summed E-state index contributed by atoms with van der Waals surface area (Å²) in [6.07, 6.45) is 1.57. The summed E-state index contributed by atoms with van der Waals surface area (Å²) in [5.74, 6) is 0. The van der Waals surface area contributed by atoms with Crippen LogP contribution in [0.5, 0.6) is 0 Å². The van der Waals surface area contributed by atoms with Gasteiger partial charge in [0.05, 0.1) is 0 Å². The fourth-order valence-electron chi connectivity index (χ4n) is 1.82. The molecule has 19 heavy (non-hydrogen) atoms. The molecule has 2 rings (SSSR count). The van der Waals surface area contributed by atoms with Gasteiger partial charge in [0.15, 0.2) is 0 Å². The molecule has 0 bridgehead atoms. The van der Waals surface area contributed by atoms with Gasteiger partial charge in [-0.15, -0.1) is 0 Å². The van der Waals surface area contributed by atoms with Gasteiger partial charge in [0.25, 0.3) is 0 Å². The van der Waals surface area contributed by atoms with E-state index in [-0.39, 0.29) is 5.57 Å². The zero-order valence-corrected chi connectivity index (χ0v) is 11.0. The van der Waals surface area contributed by atoms with E-state index in [0.717, 1.165) is 17.0 Å². The third-order valence-corrected chi connectivity index (χ3v) is 3.09. The fourth-order valence-corrected chi connectivity index (χ4v) is 1.95. The summed E-state index contributed by atoms with van der Waals surface area (Å²) in [4.78, 5) is 0. The van der Waals surface area contributed by atoms with E-state index in [2.05, 4.69) is 0 Å². The molecule has 0 N–H and O–H groups in total. The van der Waals surface area contributed by atoms with Crippen LogP contribution >= 0.6 is 11.6 Å². The Balaban J connectivity index is 2.45. The largest absolute Gasteiger partial charge is 0.344 e. The number of rotatable bonds is 2. The topological polar surface area (TPSA) is 52.5 Å². The Labute approximate surface area is 116 Å². The van der Waals surface area contributed by atoms with Crippen LogP contribution in [0.4, 0.5) is 0 Å². The second-order valence-corrected chi connectivity index (χ2v) is 4.43. The summed E-state index contributed by atoms with van der Waals surface area (Å²) in [5, 5.41) is 18.2. The van der Waals surface area contributed by atoms with Gasteiger partial charge in [-0.2, -0.15) is 10.5 Å². The molecular formula is C15H10ClN3. The van der Waals surface area contributed by atoms with Gasteiger partial charge in [0, 0.05) is 23.5 Å². The maximum atomic E-state index is 8.77. The molecule has 1 aromatic carbocycles. The first-order valence-electron chi connectivity index (χ1n) is 5.59. The van der Waals surface area contributed by atoms with Gasteiger partial charge in [-0.3, -0.25) is 0 Å². The lowest BCUT2D eigenvalue weighted by atomic mass is 10.1. The van der Waals surface area contributed by atoms with E-state index < -0.39 is 0 Å². The third kappa shape index (κ3) is 2.68. The van der Waals surface area contributed by atoms with Crippen molar-refractivity contribution in [1.82, 2.24) is 4.57 Å². The molecule has 1 aromatic heterocycles. The van der Waals surface area contributed by atoms with Gasteiger partial charge in [-0.05, 0) is 35.9 Å². The number of hydrogen-bond acceptors (Lipinski definition) is 2. The van der Waals surface area contributed by atoms with Crippen LogP contribution in [0.2, 0.25) is 5.02 Å². The molecule has 0 spiro atoms. The normalized spacial score (nSPS) is 9.47. The molecule has 92 valence electrons. The van der Waals surface area contributed by atoms with E-state index in [9.17, 15) is 0 Å². The zero-order chi connectivity index (χ0) is 13.8. The lowest BCUT2D eigenvalue weighted by molar-refractivity contribution is 0.923. The standard InChI is InChI=1S/C15H10ClN3/c1-19-14(8-11(9-17)10-18)6-7-15(19)12-2-4-13(16)5-3-12/h2-8H,1H3. The molecular weight excluding hydrogens is 258 g/mol. The van der Waals surface area contributed by atoms with Crippen molar-refractivity contribution < 1.29 is 0 Å². The molecule has 0 aliphatic rings. The summed E-state index contributed by atoms with van der Waals surface area (Å²) in [5.41, 5.74) is 2.92. The average molecular weight is 268 g/mol. The van der Waals surface area contributed by atoms with Gasteiger partial charge < -0.3 is 4.57 Å². The third-order valence-electron chi connectivity index (χ3n) is 2.83. The van der Waals surface area contributed by atoms with Crippen LogP contribution in [0.3, 0.4) is 0 Å². The average Bonchev–Trinajstić information content (AvgIpc) is 2.78. The van der Waals surface area contributed by atoms with E-state index >= 15 is 0 Å². The molecule has 0 saturated heterocycles. The number of nitriles is 2. The van der Waals surface area contributed by atoms with E-state index in [4.69, 9.17) is 22.1 Å². The second kappa shape index (κ2) is 5.44. The number of allylic oxidation sites excluding steroid dienone is 1. The van der Waals surface area contributed by atoms with Crippen molar-refractivity contribution in [2.75, 3.05) is 0 Å². The summed E-state index contributed by atoms with van der Waals surface area (Å²) in [6.45, 7) is 0. The predicted molar refractivity (Wildman–Crippen MR) is 75.1 cm³/mol. The van der Waals surface area contributed by atoms with Crippen molar-refractivity contribution in [1.29, 1.82) is 10.5 Å². The monoisotopic (exact) mass is 267 g/mol. The first-order chi connectivity index (χ1) is 9.15. The highest BCUT2D eigenvalue weighted by Crippen LogP contribution is 2.24. The summed E-state index contributed by atoms with van der Waals surface area (Å²) in [7, 11) is 1.89. The van der Waals surface area contributed by atoms with Gasteiger partial charge in [0.1, 0.15) is 17.7 Å². The molecule has 0 saturated carbocycles. The maximum absolute atomic E-state index is 8.77. The molecule has 0 atom stereocenters. The molecule has 0 radical (unpaired) electrons. The Kier molecular flexibility index (Phi) is 3.71. The minimum Gasteiger partial charge on any atom is -0.344 e. The maximum Gasteiger partial charge on any atom is 0.131 e. The molecule has 1 heterocycles. The van der Waals surface area contributed by atoms with Crippen molar-refractivity contribution in [2.24, 2.45) is 7.05 Å². The van der Waals surface area contributed by atoms with Crippen LogP contribution < -0.4 is 0 Å². The Morgan fingerprint density at radius 1 is 1.11 bits per heavy atom. The number of aromatic nitrogens is 1. The second-order valence-electron chi connectivity index (χ2n) is 3.99. The molecule has 4 heteroatoms. The smallest absolute Gasteiger partial charge is 0.131 e. The zero-order valence-electron chi connectivity index (χ0n) is 10.3. The highest BCUT2D eigenvalue weighted by atomic mass is 35.5. The summed E-state index contributed by atoms with van der Waals surface area (Å²) >= 11 is 5.86. The van der Waals surface area contributed by atoms with Crippen molar-refractivity contribution >= 4 is 17.7 Å². The minimum atomic E-state index is 0.0869. The molecule has 0 aliphatic heterocycles. The van der Waals surface area contributed by atoms with Crippen LogP contribution in [0.1, 0.15) is 5.69 Å². The van der Waals surface area contributed by atoms with E-state index in [1.807, 2.05) is 60.2 Å². The highest BCUT2D eigenvalue weighted by molar-refractivity contribution is 6.30. The van der Waals surface area contributed by atoms with Crippen molar-refractivity contribution in [3.8, 4) is 23.4 Å². The minimum absolute atomic E-state index is 0.0869. The summed E-state index contributed by atoms with van der Waals surface area (Å²) in [6, 6.07) is 15.0. The van der Waals surface area contributed by atoms with Gasteiger partial charge in [-0.1, -0.05) is 23.7 Å². The predicted octanol–water partition coefficient (Wildman–Crippen LogP) is 3.78. The Bertz CT molecular complexity index is 693. The lowest BCUT2D eigenvalue weighted by Gasteiger charge is -2.05. The van der Waals surface area contributed by atoms with Crippen LogP contribution in [0, 0.1) is 22.7 Å². The SMILES string of the molecule is Cn1c(C=C(C#N)C#N)ccc1-c1ccc(Cl)cc1. The number of benzene rings is 1. The number of halogens is 1. The molecule has 0 amide bonds. The molecule has 2 aromatic rings. The Morgan fingerprint density at radius 3 is 2.32 bits per heavy atom. The number of nitrogens with zero attached hydrogens (tertiary/aromatic N) is 3. The van der Waals surface area contributed by atoms with Crippen molar-refractivity contribution in [2.45, 2.75) is 0 Å².